The molecule has 1 amide bonds. The van der Waals surface area contributed by atoms with E-state index in [-0.39, 0.29) is 10.9 Å². The van der Waals surface area contributed by atoms with Gasteiger partial charge in [-0.1, -0.05) is 54.7 Å². The minimum atomic E-state index is -0.398. The molecular weight excluding hydrogens is 280 g/mol. The highest BCUT2D eigenvalue weighted by molar-refractivity contribution is 7.80. The molecule has 1 fully saturated rings. The molecule has 2 aromatic carbocycles. The first-order chi connectivity index (χ1) is 10.1. The number of para-hydroxylation sites is 1. The Morgan fingerprint density at radius 2 is 1.67 bits per heavy atom. The van der Waals surface area contributed by atoms with Crippen LogP contribution < -0.4 is 11.1 Å². The second-order valence-corrected chi connectivity index (χ2v) is 5.75. The van der Waals surface area contributed by atoms with Crippen LogP contribution in [0.2, 0.25) is 0 Å². The molecule has 3 nitrogen and oxygen atoms in total. The van der Waals surface area contributed by atoms with E-state index in [0.29, 0.717) is 11.3 Å². The Labute approximate surface area is 129 Å². The van der Waals surface area contributed by atoms with Gasteiger partial charge in [0.1, 0.15) is 4.99 Å². The van der Waals surface area contributed by atoms with Gasteiger partial charge in [-0.25, -0.2) is 0 Å². The predicted molar refractivity (Wildman–Crippen MR) is 88.3 cm³/mol. The van der Waals surface area contributed by atoms with E-state index in [2.05, 4.69) is 5.32 Å². The van der Waals surface area contributed by atoms with Crippen LogP contribution in [0.3, 0.4) is 0 Å². The van der Waals surface area contributed by atoms with E-state index < -0.39 is 5.41 Å². The van der Waals surface area contributed by atoms with E-state index in [1.807, 2.05) is 54.6 Å². The van der Waals surface area contributed by atoms with Crippen LogP contribution in [0.15, 0.2) is 54.6 Å². The van der Waals surface area contributed by atoms with Crippen LogP contribution >= 0.6 is 12.2 Å². The second kappa shape index (κ2) is 5.30. The fraction of sp³-hybridized carbons (Fsp3) is 0.176. The molecule has 0 radical (unpaired) electrons. The lowest BCUT2D eigenvalue weighted by Crippen LogP contribution is -2.28. The molecule has 0 aliphatic heterocycles. The number of nitrogens with one attached hydrogen (secondary N) is 1. The van der Waals surface area contributed by atoms with Crippen molar-refractivity contribution in [3.8, 4) is 0 Å². The summed E-state index contributed by atoms with van der Waals surface area (Å²) in [5.74, 6) is 0.0115. The molecule has 1 saturated carbocycles. The van der Waals surface area contributed by atoms with Crippen LogP contribution in [0, 0.1) is 0 Å². The minimum Gasteiger partial charge on any atom is -0.389 e. The number of carbonyl (C=O) groups excluding carboxylic acids is 1. The van der Waals surface area contributed by atoms with Crippen LogP contribution in [-0.2, 0) is 10.2 Å². The first kappa shape index (κ1) is 13.8. The van der Waals surface area contributed by atoms with Crippen molar-refractivity contribution in [3.63, 3.8) is 0 Å². The van der Waals surface area contributed by atoms with Crippen molar-refractivity contribution in [2.24, 2.45) is 5.73 Å². The number of benzene rings is 2. The molecule has 4 heteroatoms. The highest BCUT2D eigenvalue weighted by Crippen LogP contribution is 2.49. The predicted octanol–water partition coefficient (Wildman–Crippen LogP) is 2.99. The number of amides is 1. The van der Waals surface area contributed by atoms with Gasteiger partial charge < -0.3 is 11.1 Å². The van der Waals surface area contributed by atoms with Gasteiger partial charge in [-0.3, -0.25) is 4.79 Å². The number of hydrogen-bond acceptors (Lipinski definition) is 2. The Morgan fingerprint density at radius 3 is 2.29 bits per heavy atom. The van der Waals surface area contributed by atoms with Crippen molar-refractivity contribution >= 4 is 28.8 Å². The monoisotopic (exact) mass is 296 g/mol. The summed E-state index contributed by atoms with van der Waals surface area (Å²) in [4.78, 5) is 13.0. The van der Waals surface area contributed by atoms with E-state index in [1.165, 1.54) is 0 Å². The largest absolute Gasteiger partial charge is 0.389 e. The summed E-state index contributed by atoms with van der Waals surface area (Å²) in [6.07, 6.45) is 1.75. The summed E-state index contributed by atoms with van der Waals surface area (Å²) in [6, 6.07) is 17.3. The molecule has 0 heterocycles. The zero-order chi connectivity index (χ0) is 14.9. The van der Waals surface area contributed by atoms with Crippen molar-refractivity contribution in [1.29, 1.82) is 0 Å². The molecule has 0 spiro atoms. The fourth-order valence-electron chi connectivity index (χ4n) is 2.58. The van der Waals surface area contributed by atoms with E-state index >= 15 is 0 Å². The molecule has 0 unspecified atom stereocenters. The van der Waals surface area contributed by atoms with Crippen molar-refractivity contribution in [2.45, 2.75) is 18.3 Å². The van der Waals surface area contributed by atoms with Gasteiger partial charge >= 0.3 is 0 Å². The van der Waals surface area contributed by atoms with Gasteiger partial charge in [-0.15, -0.1) is 0 Å². The van der Waals surface area contributed by atoms with Gasteiger partial charge in [0.05, 0.1) is 11.1 Å². The molecular formula is C17H16N2OS. The van der Waals surface area contributed by atoms with Gasteiger partial charge in [-0.05, 0) is 30.5 Å². The van der Waals surface area contributed by atoms with E-state index in [0.717, 1.165) is 18.4 Å². The Morgan fingerprint density at radius 1 is 1.05 bits per heavy atom. The third-order valence-corrected chi connectivity index (χ3v) is 4.17. The zero-order valence-corrected chi connectivity index (χ0v) is 12.3. The number of thiocarbonyl (C=S) groups is 1. The van der Waals surface area contributed by atoms with Crippen molar-refractivity contribution in [2.75, 3.05) is 5.32 Å². The van der Waals surface area contributed by atoms with Crippen molar-refractivity contribution in [3.05, 3.63) is 65.7 Å². The molecule has 1 aliphatic rings. The number of carbonyl (C=O) groups is 1. The van der Waals surface area contributed by atoms with Gasteiger partial charge in [0.2, 0.25) is 5.91 Å². The molecule has 0 atom stereocenters. The Kier molecular flexibility index (Phi) is 3.47. The molecule has 0 bridgehead atoms. The molecule has 0 aromatic heterocycles. The first-order valence-corrected chi connectivity index (χ1v) is 7.30. The summed E-state index contributed by atoms with van der Waals surface area (Å²) < 4.78 is 0. The number of anilines is 1. The summed E-state index contributed by atoms with van der Waals surface area (Å²) >= 11 is 5.03. The quantitative estimate of drug-likeness (QED) is 0.853. The molecule has 1 aliphatic carbocycles. The highest BCUT2D eigenvalue weighted by Gasteiger charge is 2.51. The summed E-state index contributed by atoms with van der Waals surface area (Å²) in [7, 11) is 0. The molecule has 106 valence electrons. The highest BCUT2D eigenvalue weighted by atomic mass is 32.1. The Bertz CT molecular complexity index is 693. The first-order valence-electron chi connectivity index (χ1n) is 6.89. The Balaban J connectivity index is 1.87. The van der Waals surface area contributed by atoms with Gasteiger partial charge in [0.25, 0.3) is 0 Å². The lowest BCUT2D eigenvalue weighted by molar-refractivity contribution is -0.118. The van der Waals surface area contributed by atoms with Crippen LogP contribution in [0.5, 0.6) is 0 Å². The maximum atomic E-state index is 12.7. The maximum absolute atomic E-state index is 12.7. The van der Waals surface area contributed by atoms with Crippen molar-refractivity contribution < 1.29 is 4.79 Å². The van der Waals surface area contributed by atoms with Gasteiger partial charge in [-0.2, -0.15) is 0 Å². The standard InChI is InChI=1S/C17H16N2OS/c18-15(21)13-8-4-5-9-14(13)19-16(20)17(10-11-17)12-6-2-1-3-7-12/h1-9H,10-11H2,(H2,18,21)(H,19,20). The summed E-state index contributed by atoms with van der Waals surface area (Å²) in [5, 5.41) is 2.99. The molecule has 0 saturated heterocycles. The lowest BCUT2D eigenvalue weighted by Gasteiger charge is -2.17. The number of rotatable bonds is 4. The van der Waals surface area contributed by atoms with Crippen LogP contribution in [-0.4, -0.2) is 10.9 Å². The number of nitrogens with two attached hydrogens (primary N) is 1. The van der Waals surface area contributed by atoms with Gasteiger partial charge in [0.15, 0.2) is 0 Å². The van der Waals surface area contributed by atoms with Gasteiger partial charge in [0, 0.05) is 5.56 Å². The third-order valence-electron chi connectivity index (χ3n) is 3.95. The second-order valence-electron chi connectivity index (χ2n) is 5.31. The molecule has 21 heavy (non-hydrogen) atoms. The number of hydrogen-bond donors (Lipinski definition) is 2. The molecule has 3 N–H and O–H groups in total. The lowest BCUT2D eigenvalue weighted by atomic mass is 9.95. The third kappa shape index (κ3) is 2.54. The van der Waals surface area contributed by atoms with Crippen LogP contribution in [0.25, 0.3) is 0 Å². The van der Waals surface area contributed by atoms with Crippen LogP contribution in [0.1, 0.15) is 24.0 Å². The SMILES string of the molecule is NC(=S)c1ccccc1NC(=O)C1(c2ccccc2)CC1. The minimum absolute atomic E-state index is 0.0115. The summed E-state index contributed by atoms with van der Waals surface area (Å²) in [6.45, 7) is 0. The Hall–Kier alpha value is -2.20. The maximum Gasteiger partial charge on any atom is 0.235 e. The summed E-state index contributed by atoms with van der Waals surface area (Å²) in [5.41, 5.74) is 7.75. The van der Waals surface area contributed by atoms with E-state index in [1.54, 1.807) is 0 Å². The van der Waals surface area contributed by atoms with E-state index in [9.17, 15) is 4.79 Å². The van der Waals surface area contributed by atoms with Crippen LogP contribution in [0.4, 0.5) is 5.69 Å². The normalized spacial score (nSPS) is 15.2. The molecule has 2 aromatic rings. The average Bonchev–Trinajstić information content (AvgIpc) is 3.30. The fourth-order valence-corrected chi connectivity index (χ4v) is 2.76. The van der Waals surface area contributed by atoms with Crippen molar-refractivity contribution in [1.82, 2.24) is 0 Å². The zero-order valence-electron chi connectivity index (χ0n) is 11.5. The topological polar surface area (TPSA) is 55.1 Å². The van der Waals surface area contributed by atoms with E-state index in [4.69, 9.17) is 18.0 Å². The smallest absolute Gasteiger partial charge is 0.235 e. The average molecular weight is 296 g/mol. The molecule has 3 rings (SSSR count).